The predicted octanol–water partition coefficient (Wildman–Crippen LogP) is 3.20. The van der Waals surface area contributed by atoms with Crippen molar-refractivity contribution in [3.63, 3.8) is 0 Å². The Morgan fingerprint density at radius 3 is 2.90 bits per heavy atom. The smallest absolute Gasteiger partial charge is 0.270 e. The molecule has 1 aromatic heterocycles. The van der Waals surface area contributed by atoms with Gasteiger partial charge in [-0.1, -0.05) is 6.92 Å². The first-order chi connectivity index (χ1) is 10.1. The van der Waals surface area contributed by atoms with Crippen molar-refractivity contribution in [2.45, 2.75) is 51.1 Å². The van der Waals surface area contributed by atoms with Gasteiger partial charge in [0.1, 0.15) is 10.7 Å². The van der Waals surface area contributed by atoms with E-state index in [9.17, 15) is 4.79 Å². The number of nitrogens with two attached hydrogens (primary N) is 1. The zero-order valence-corrected chi connectivity index (χ0v) is 14.4. The predicted molar refractivity (Wildman–Crippen MR) is 90.9 cm³/mol. The summed E-state index contributed by atoms with van der Waals surface area (Å²) in [6, 6.07) is 0.253. The third-order valence-corrected chi connectivity index (χ3v) is 5.68. The molecule has 0 spiro atoms. The number of thioether (sulfide) groups is 1. The van der Waals surface area contributed by atoms with Crippen LogP contribution in [0.25, 0.3) is 0 Å². The first-order valence-corrected chi connectivity index (χ1v) is 9.88. The van der Waals surface area contributed by atoms with E-state index in [0.717, 1.165) is 35.9 Å². The van der Waals surface area contributed by atoms with Crippen LogP contribution in [-0.2, 0) is 0 Å². The minimum atomic E-state index is -0.0560. The topological polar surface area (TPSA) is 68.0 Å². The summed E-state index contributed by atoms with van der Waals surface area (Å²) in [6.45, 7) is 2.28. The van der Waals surface area contributed by atoms with Crippen molar-refractivity contribution < 1.29 is 4.79 Å². The lowest BCUT2D eigenvalue weighted by Gasteiger charge is -2.26. The van der Waals surface area contributed by atoms with Gasteiger partial charge in [-0.3, -0.25) is 4.79 Å². The largest absolute Gasteiger partial charge is 0.348 e. The number of carbonyl (C=O) groups is 1. The van der Waals surface area contributed by atoms with Gasteiger partial charge in [-0.05, 0) is 50.0 Å². The van der Waals surface area contributed by atoms with Gasteiger partial charge in [0.25, 0.3) is 5.91 Å². The third-order valence-electron chi connectivity index (χ3n) is 4.06. The second kappa shape index (κ2) is 8.15. The maximum Gasteiger partial charge on any atom is 0.270 e. The van der Waals surface area contributed by atoms with Crippen molar-refractivity contribution >= 4 is 29.0 Å². The molecule has 1 heterocycles. The monoisotopic (exact) mass is 327 g/mol. The minimum Gasteiger partial charge on any atom is -0.348 e. The number of aromatic nitrogens is 1. The van der Waals surface area contributed by atoms with E-state index >= 15 is 0 Å². The van der Waals surface area contributed by atoms with Gasteiger partial charge in [0.2, 0.25) is 0 Å². The summed E-state index contributed by atoms with van der Waals surface area (Å²) >= 11 is 3.27. The molecule has 3 N–H and O–H groups in total. The van der Waals surface area contributed by atoms with E-state index in [-0.39, 0.29) is 11.9 Å². The molecule has 0 radical (unpaired) electrons. The number of hydrogen-bond donors (Lipinski definition) is 2. The lowest BCUT2D eigenvalue weighted by atomic mass is 9.87. The Balaban J connectivity index is 1.86. The molecule has 118 valence electrons. The first-order valence-electron chi connectivity index (χ1n) is 7.61. The van der Waals surface area contributed by atoms with Gasteiger partial charge in [-0.25, -0.2) is 4.98 Å². The molecular weight excluding hydrogens is 302 g/mol. The molecule has 1 unspecified atom stereocenters. The maximum absolute atomic E-state index is 12.2. The Labute approximate surface area is 135 Å². The summed E-state index contributed by atoms with van der Waals surface area (Å²) in [6.07, 6.45) is 7.53. The molecule has 21 heavy (non-hydrogen) atoms. The standard InChI is InChI=1S/C15H25N3OS2/c1-10-3-5-11(6-4-10)17-14(19)13-9-21-15(18-13)12(16)7-8-20-2/h9-12H,3-8,16H2,1-2H3,(H,17,19). The summed E-state index contributed by atoms with van der Waals surface area (Å²) in [5.41, 5.74) is 6.62. The number of carbonyl (C=O) groups excluding carboxylic acids is 1. The van der Waals surface area contributed by atoms with E-state index in [1.807, 2.05) is 5.38 Å². The highest BCUT2D eigenvalue weighted by Crippen LogP contribution is 2.24. The number of rotatable bonds is 6. The molecule has 1 aromatic rings. The molecule has 2 rings (SSSR count). The molecule has 0 saturated heterocycles. The maximum atomic E-state index is 12.2. The van der Waals surface area contributed by atoms with Crippen molar-refractivity contribution in [2.24, 2.45) is 11.7 Å². The van der Waals surface area contributed by atoms with Crippen molar-refractivity contribution in [3.8, 4) is 0 Å². The van der Waals surface area contributed by atoms with Gasteiger partial charge in [0.15, 0.2) is 0 Å². The minimum absolute atomic E-state index is 0.0471. The van der Waals surface area contributed by atoms with Crippen LogP contribution in [0.5, 0.6) is 0 Å². The molecule has 1 aliphatic rings. The highest BCUT2D eigenvalue weighted by atomic mass is 32.2. The van der Waals surface area contributed by atoms with Crippen molar-refractivity contribution in [2.75, 3.05) is 12.0 Å². The van der Waals surface area contributed by atoms with Gasteiger partial charge >= 0.3 is 0 Å². The van der Waals surface area contributed by atoms with Crippen LogP contribution >= 0.6 is 23.1 Å². The van der Waals surface area contributed by atoms with Crippen LogP contribution in [-0.4, -0.2) is 28.9 Å². The second-order valence-corrected chi connectivity index (χ2v) is 7.76. The molecule has 1 aliphatic carbocycles. The molecule has 0 bridgehead atoms. The van der Waals surface area contributed by atoms with E-state index in [1.165, 1.54) is 24.2 Å². The van der Waals surface area contributed by atoms with Crippen LogP contribution in [0, 0.1) is 5.92 Å². The van der Waals surface area contributed by atoms with Gasteiger partial charge in [-0.2, -0.15) is 11.8 Å². The van der Waals surface area contributed by atoms with E-state index in [2.05, 4.69) is 23.5 Å². The molecule has 1 amide bonds. The quantitative estimate of drug-likeness (QED) is 0.842. The SMILES string of the molecule is CSCCC(N)c1nc(C(=O)NC2CCC(C)CC2)cs1. The summed E-state index contributed by atoms with van der Waals surface area (Å²) in [4.78, 5) is 16.6. The van der Waals surface area contributed by atoms with E-state index in [0.29, 0.717) is 11.7 Å². The summed E-state index contributed by atoms with van der Waals surface area (Å²) in [5, 5.41) is 5.81. The number of nitrogens with one attached hydrogen (secondary N) is 1. The van der Waals surface area contributed by atoms with E-state index in [4.69, 9.17) is 5.73 Å². The number of thiazole rings is 1. The average molecular weight is 328 g/mol. The Morgan fingerprint density at radius 1 is 1.52 bits per heavy atom. The second-order valence-electron chi connectivity index (χ2n) is 5.89. The Morgan fingerprint density at radius 2 is 2.24 bits per heavy atom. The zero-order chi connectivity index (χ0) is 15.2. The van der Waals surface area contributed by atoms with Gasteiger partial charge in [-0.15, -0.1) is 11.3 Å². The van der Waals surface area contributed by atoms with Crippen molar-refractivity contribution in [1.29, 1.82) is 0 Å². The van der Waals surface area contributed by atoms with Gasteiger partial charge < -0.3 is 11.1 Å². The normalized spacial score (nSPS) is 23.8. The van der Waals surface area contributed by atoms with Gasteiger partial charge in [0.05, 0.1) is 6.04 Å². The van der Waals surface area contributed by atoms with Crippen LogP contribution < -0.4 is 11.1 Å². The van der Waals surface area contributed by atoms with Crippen LogP contribution in [0.4, 0.5) is 0 Å². The molecule has 0 aromatic carbocycles. The molecule has 6 heteroatoms. The summed E-state index contributed by atoms with van der Waals surface area (Å²) in [7, 11) is 0. The van der Waals surface area contributed by atoms with Gasteiger partial charge in [0, 0.05) is 11.4 Å². The summed E-state index contributed by atoms with van der Waals surface area (Å²) in [5.74, 6) is 1.76. The summed E-state index contributed by atoms with van der Waals surface area (Å²) < 4.78 is 0. The molecular formula is C15H25N3OS2. The fourth-order valence-corrected chi connectivity index (χ4v) is 3.92. The molecule has 1 atom stereocenters. The first kappa shape index (κ1) is 16.8. The molecule has 1 saturated carbocycles. The highest BCUT2D eigenvalue weighted by molar-refractivity contribution is 7.98. The lowest BCUT2D eigenvalue weighted by molar-refractivity contribution is 0.0918. The molecule has 4 nitrogen and oxygen atoms in total. The van der Waals surface area contributed by atoms with Crippen LogP contribution in [0.3, 0.4) is 0 Å². The van der Waals surface area contributed by atoms with Crippen LogP contribution in [0.15, 0.2) is 5.38 Å². The van der Waals surface area contributed by atoms with Crippen LogP contribution in [0.1, 0.15) is 60.6 Å². The fraction of sp³-hybridized carbons (Fsp3) is 0.733. The number of hydrogen-bond acceptors (Lipinski definition) is 5. The lowest BCUT2D eigenvalue weighted by Crippen LogP contribution is -2.37. The molecule has 1 fully saturated rings. The Bertz CT molecular complexity index is 456. The average Bonchev–Trinajstić information content (AvgIpc) is 2.97. The Kier molecular flexibility index (Phi) is 6.51. The van der Waals surface area contributed by atoms with Crippen molar-refractivity contribution in [1.82, 2.24) is 10.3 Å². The molecule has 0 aliphatic heterocycles. The van der Waals surface area contributed by atoms with Crippen molar-refractivity contribution in [3.05, 3.63) is 16.1 Å². The van der Waals surface area contributed by atoms with E-state index < -0.39 is 0 Å². The highest BCUT2D eigenvalue weighted by Gasteiger charge is 2.22. The third kappa shape index (κ3) is 4.97. The zero-order valence-electron chi connectivity index (χ0n) is 12.8. The Hall–Kier alpha value is -0.590. The fourth-order valence-electron chi connectivity index (χ4n) is 2.59. The van der Waals surface area contributed by atoms with Crippen LogP contribution in [0.2, 0.25) is 0 Å². The number of amides is 1. The van der Waals surface area contributed by atoms with E-state index in [1.54, 1.807) is 11.8 Å². The number of nitrogens with zero attached hydrogens (tertiary/aromatic N) is 1.